The van der Waals surface area contributed by atoms with Crippen LogP contribution in [0, 0.1) is 0 Å². The normalized spacial score (nSPS) is 10.7. The molecular weight excluding hydrogens is 356 g/mol. The number of nitrogens with one attached hydrogen (secondary N) is 2. The maximum absolute atomic E-state index is 11.9. The molecule has 0 aliphatic heterocycles. The number of thioether (sulfide) groups is 1. The van der Waals surface area contributed by atoms with E-state index in [1.807, 2.05) is 42.5 Å². The molecule has 3 rings (SSSR count). The van der Waals surface area contributed by atoms with E-state index in [-0.39, 0.29) is 5.91 Å². The molecule has 0 aliphatic carbocycles. The van der Waals surface area contributed by atoms with Crippen LogP contribution in [0.3, 0.4) is 0 Å². The molecule has 27 heavy (non-hydrogen) atoms. The fourth-order valence-corrected chi connectivity index (χ4v) is 3.30. The largest absolute Gasteiger partial charge is 0.365 e. The molecule has 2 N–H and O–H groups in total. The number of hydrogen-bond acceptors (Lipinski definition) is 5. The van der Waals surface area contributed by atoms with Crippen LogP contribution in [-0.4, -0.2) is 28.2 Å². The Balaban J connectivity index is 1.71. The maximum Gasteiger partial charge on any atom is 0.230 e. The van der Waals surface area contributed by atoms with Crippen molar-refractivity contribution in [2.75, 3.05) is 17.6 Å². The first-order valence-corrected chi connectivity index (χ1v) is 10.2. The first-order valence-electron chi connectivity index (χ1n) is 9.20. The molecule has 0 unspecified atom stereocenters. The van der Waals surface area contributed by atoms with Gasteiger partial charge < -0.3 is 10.6 Å². The number of fused-ring (bicyclic) bond motifs is 1. The SMILES string of the molecule is CCCCNC(=O)CSc1nc(NCc2ccccc2)c2ccccc2n1. The smallest absolute Gasteiger partial charge is 0.230 e. The number of amides is 1. The van der Waals surface area contributed by atoms with E-state index >= 15 is 0 Å². The highest BCUT2D eigenvalue weighted by atomic mass is 32.2. The summed E-state index contributed by atoms with van der Waals surface area (Å²) in [7, 11) is 0. The standard InChI is InChI=1S/C21H24N4OS/c1-2-3-13-22-19(26)15-27-21-24-18-12-8-7-11-17(18)20(25-21)23-14-16-9-5-4-6-10-16/h4-12H,2-3,13-15H2,1H3,(H,22,26)(H,23,24,25). The molecule has 3 aromatic rings. The molecule has 0 atom stereocenters. The Bertz CT molecular complexity index is 886. The third-order valence-corrected chi connectivity index (χ3v) is 4.92. The summed E-state index contributed by atoms with van der Waals surface area (Å²) >= 11 is 1.36. The van der Waals surface area contributed by atoms with Crippen LogP contribution >= 0.6 is 11.8 Å². The van der Waals surface area contributed by atoms with E-state index in [0.717, 1.165) is 36.1 Å². The zero-order valence-corrected chi connectivity index (χ0v) is 16.3. The second kappa shape index (κ2) is 9.92. The van der Waals surface area contributed by atoms with E-state index in [9.17, 15) is 4.79 Å². The third kappa shape index (κ3) is 5.69. The van der Waals surface area contributed by atoms with Crippen molar-refractivity contribution in [3.8, 4) is 0 Å². The van der Waals surface area contributed by atoms with Crippen LogP contribution in [0.5, 0.6) is 0 Å². The lowest BCUT2D eigenvalue weighted by Crippen LogP contribution is -2.26. The summed E-state index contributed by atoms with van der Waals surface area (Å²) in [6.07, 6.45) is 2.06. The van der Waals surface area contributed by atoms with Gasteiger partial charge >= 0.3 is 0 Å². The van der Waals surface area contributed by atoms with Gasteiger partial charge in [-0.2, -0.15) is 0 Å². The predicted molar refractivity (Wildman–Crippen MR) is 112 cm³/mol. The minimum Gasteiger partial charge on any atom is -0.365 e. The van der Waals surface area contributed by atoms with Gasteiger partial charge in [-0.3, -0.25) is 4.79 Å². The Morgan fingerprint density at radius 1 is 1.04 bits per heavy atom. The summed E-state index contributed by atoms with van der Waals surface area (Å²) in [6.45, 7) is 3.51. The molecule has 2 aromatic carbocycles. The van der Waals surface area contributed by atoms with Gasteiger partial charge in [0, 0.05) is 18.5 Å². The van der Waals surface area contributed by atoms with Crippen molar-refractivity contribution >= 4 is 34.4 Å². The number of rotatable bonds is 9. The Kier molecular flexibility index (Phi) is 7.04. The molecule has 0 fully saturated rings. The molecule has 0 spiro atoms. The number of hydrogen-bond donors (Lipinski definition) is 2. The number of benzene rings is 2. The third-order valence-electron chi connectivity index (χ3n) is 4.07. The van der Waals surface area contributed by atoms with Gasteiger partial charge in [-0.15, -0.1) is 0 Å². The molecule has 1 heterocycles. The average Bonchev–Trinajstić information content (AvgIpc) is 2.71. The molecule has 1 amide bonds. The number of anilines is 1. The fraction of sp³-hybridized carbons (Fsp3) is 0.286. The zero-order chi connectivity index (χ0) is 18.9. The predicted octanol–water partition coefficient (Wildman–Crippen LogP) is 4.25. The van der Waals surface area contributed by atoms with Gasteiger partial charge in [-0.1, -0.05) is 67.6 Å². The quantitative estimate of drug-likeness (QED) is 0.330. The van der Waals surface area contributed by atoms with Crippen molar-refractivity contribution in [3.63, 3.8) is 0 Å². The van der Waals surface area contributed by atoms with Crippen LogP contribution in [0.15, 0.2) is 59.8 Å². The van der Waals surface area contributed by atoms with Gasteiger partial charge in [-0.05, 0) is 24.1 Å². The van der Waals surface area contributed by atoms with Crippen molar-refractivity contribution in [2.45, 2.75) is 31.5 Å². The number of carbonyl (C=O) groups is 1. The van der Waals surface area contributed by atoms with Crippen molar-refractivity contribution in [1.29, 1.82) is 0 Å². The average molecular weight is 381 g/mol. The summed E-state index contributed by atoms with van der Waals surface area (Å²) in [5.74, 6) is 1.13. The van der Waals surface area contributed by atoms with Crippen LogP contribution in [0.25, 0.3) is 10.9 Å². The topological polar surface area (TPSA) is 66.9 Å². The maximum atomic E-state index is 11.9. The molecule has 5 nitrogen and oxygen atoms in total. The lowest BCUT2D eigenvalue weighted by molar-refractivity contribution is -0.118. The van der Waals surface area contributed by atoms with Crippen molar-refractivity contribution in [1.82, 2.24) is 15.3 Å². The minimum absolute atomic E-state index is 0.0176. The fourth-order valence-electron chi connectivity index (χ4n) is 2.62. The van der Waals surface area contributed by atoms with Crippen molar-refractivity contribution in [3.05, 3.63) is 60.2 Å². The van der Waals surface area contributed by atoms with Gasteiger partial charge in [0.2, 0.25) is 5.91 Å². The lowest BCUT2D eigenvalue weighted by Gasteiger charge is -2.11. The summed E-state index contributed by atoms with van der Waals surface area (Å²) < 4.78 is 0. The minimum atomic E-state index is 0.0176. The Labute approximate surface area is 164 Å². The highest BCUT2D eigenvalue weighted by Crippen LogP contribution is 2.24. The molecule has 0 radical (unpaired) electrons. The molecule has 1 aromatic heterocycles. The van der Waals surface area contributed by atoms with Crippen LogP contribution in [0.2, 0.25) is 0 Å². The van der Waals surface area contributed by atoms with Crippen LogP contribution in [0.4, 0.5) is 5.82 Å². The number of nitrogens with zero attached hydrogens (tertiary/aromatic N) is 2. The summed E-state index contributed by atoms with van der Waals surface area (Å²) in [5, 5.41) is 7.91. The zero-order valence-electron chi connectivity index (χ0n) is 15.4. The Morgan fingerprint density at radius 2 is 1.81 bits per heavy atom. The molecular formula is C21H24N4OS. The van der Waals surface area contributed by atoms with E-state index in [1.54, 1.807) is 0 Å². The number of unbranched alkanes of at least 4 members (excludes halogenated alkanes) is 1. The van der Waals surface area contributed by atoms with Gasteiger partial charge in [0.25, 0.3) is 0 Å². The van der Waals surface area contributed by atoms with Crippen molar-refractivity contribution in [2.24, 2.45) is 0 Å². The number of para-hydroxylation sites is 1. The van der Waals surface area contributed by atoms with Gasteiger partial charge in [0.15, 0.2) is 5.16 Å². The molecule has 6 heteroatoms. The van der Waals surface area contributed by atoms with Gasteiger partial charge in [0.05, 0.1) is 11.3 Å². The molecule has 0 aliphatic rings. The van der Waals surface area contributed by atoms with E-state index in [4.69, 9.17) is 0 Å². The van der Waals surface area contributed by atoms with Crippen LogP contribution in [-0.2, 0) is 11.3 Å². The van der Waals surface area contributed by atoms with Gasteiger partial charge in [0.1, 0.15) is 5.82 Å². The summed E-state index contributed by atoms with van der Waals surface area (Å²) in [5.41, 5.74) is 2.06. The van der Waals surface area contributed by atoms with E-state index in [2.05, 4.69) is 39.7 Å². The first-order chi connectivity index (χ1) is 13.3. The highest BCUT2D eigenvalue weighted by molar-refractivity contribution is 7.99. The monoisotopic (exact) mass is 380 g/mol. The van der Waals surface area contributed by atoms with E-state index in [1.165, 1.54) is 17.3 Å². The summed E-state index contributed by atoms with van der Waals surface area (Å²) in [6, 6.07) is 18.1. The first kappa shape index (κ1) is 19.2. The molecule has 0 saturated carbocycles. The van der Waals surface area contributed by atoms with Crippen molar-refractivity contribution < 1.29 is 4.79 Å². The van der Waals surface area contributed by atoms with Crippen LogP contribution in [0.1, 0.15) is 25.3 Å². The Morgan fingerprint density at radius 3 is 2.63 bits per heavy atom. The van der Waals surface area contributed by atoms with E-state index in [0.29, 0.717) is 17.5 Å². The molecule has 0 bridgehead atoms. The Hall–Kier alpha value is -2.60. The molecule has 140 valence electrons. The van der Waals surface area contributed by atoms with Gasteiger partial charge in [-0.25, -0.2) is 9.97 Å². The highest BCUT2D eigenvalue weighted by Gasteiger charge is 2.10. The lowest BCUT2D eigenvalue weighted by atomic mass is 10.2. The van der Waals surface area contributed by atoms with Crippen LogP contribution < -0.4 is 10.6 Å². The second-order valence-corrected chi connectivity index (χ2v) is 7.15. The summed E-state index contributed by atoms with van der Waals surface area (Å²) in [4.78, 5) is 21.2. The van der Waals surface area contributed by atoms with E-state index < -0.39 is 0 Å². The number of aromatic nitrogens is 2. The number of carbonyl (C=O) groups excluding carboxylic acids is 1. The molecule has 0 saturated heterocycles. The second-order valence-electron chi connectivity index (χ2n) is 6.20.